The fourth-order valence-corrected chi connectivity index (χ4v) is 2.77. The van der Waals surface area contributed by atoms with Gasteiger partial charge < -0.3 is 10.6 Å². The summed E-state index contributed by atoms with van der Waals surface area (Å²) in [6.07, 6.45) is 2.01. The predicted octanol–water partition coefficient (Wildman–Crippen LogP) is 4.54. The van der Waals surface area contributed by atoms with Crippen LogP contribution in [0.1, 0.15) is 30.5 Å². The summed E-state index contributed by atoms with van der Waals surface area (Å²) in [7, 11) is 2.12. The van der Waals surface area contributed by atoms with Crippen LogP contribution in [0.25, 0.3) is 0 Å². The van der Waals surface area contributed by atoms with E-state index in [-0.39, 0.29) is 6.04 Å². The summed E-state index contributed by atoms with van der Waals surface area (Å²) >= 11 is 3.49. The second-order valence-electron chi connectivity index (χ2n) is 5.39. The second kappa shape index (κ2) is 7.62. The van der Waals surface area contributed by atoms with E-state index in [0.29, 0.717) is 0 Å². The molecule has 2 rings (SSSR count). The van der Waals surface area contributed by atoms with Gasteiger partial charge in [-0.05, 0) is 48.2 Å². The first-order valence-electron chi connectivity index (χ1n) is 7.41. The number of nitrogens with zero attached hydrogens (tertiary/aromatic N) is 1. The number of anilines is 1. The van der Waals surface area contributed by atoms with Crippen molar-refractivity contribution < 1.29 is 0 Å². The Labute approximate surface area is 136 Å². The van der Waals surface area contributed by atoms with Crippen molar-refractivity contribution in [2.75, 3.05) is 18.5 Å². The Balaban J connectivity index is 1.92. The first-order valence-corrected chi connectivity index (χ1v) is 8.20. The summed E-state index contributed by atoms with van der Waals surface area (Å²) < 4.78 is 1.08. The van der Waals surface area contributed by atoms with Gasteiger partial charge in [-0.2, -0.15) is 0 Å². The number of benzene rings is 2. The highest BCUT2D eigenvalue weighted by Crippen LogP contribution is 2.20. The topological polar surface area (TPSA) is 29.3 Å². The fourth-order valence-electron chi connectivity index (χ4n) is 2.35. The Bertz CT molecular complexity index is 566. The highest BCUT2D eigenvalue weighted by atomic mass is 79.9. The number of nitrogens with two attached hydrogens (primary N) is 1. The lowest BCUT2D eigenvalue weighted by Crippen LogP contribution is -2.23. The smallest absolute Gasteiger partial charge is 0.0363 e. The number of hydrogen-bond acceptors (Lipinski definition) is 2. The predicted molar refractivity (Wildman–Crippen MR) is 94.8 cm³/mol. The zero-order valence-corrected chi connectivity index (χ0v) is 14.3. The average molecular weight is 347 g/mol. The lowest BCUT2D eigenvalue weighted by Gasteiger charge is -2.22. The van der Waals surface area contributed by atoms with Crippen LogP contribution in [0.15, 0.2) is 53.0 Å². The Morgan fingerprint density at radius 3 is 2.48 bits per heavy atom. The van der Waals surface area contributed by atoms with E-state index in [1.165, 1.54) is 16.8 Å². The van der Waals surface area contributed by atoms with Crippen LogP contribution >= 0.6 is 15.9 Å². The molecular formula is C18H23BrN2. The van der Waals surface area contributed by atoms with E-state index in [1.807, 2.05) is 12.1 Å². The van der Waals surface area contributed by atoms with Crippen molar-refractivity contribution in [1.29, 1.82) is 0 Å². The molecule has 2 N–H and O–H groups in total. The van der Waals surface area contributed by atoms with Gasteiger partial charge in [-0.1, -0.05) is 47.1 Å². The molecule has 0 heterocycles. The molecule has 2 aromatic carbocycles. The van der Waals surface area contributed by atoms with Crippen molar-refractivity contribution in [3.63, 3.8) is 0 Å². The molecule has 112 valence electrons. The molecule has 3 heteroatoms. The van der Waals surface area contributed by atoms with Crippen molar-refractivity contribution >= 4 is 21.6 Å². The maximum atomic E-state index is 6.29. The minimum Gasteiger partial charge on any atom is -0.375 e. The molecular weight excluding hydrogens is 324 g/mol. The van der Waals surface area contributed by atoms with Crippen LogP contribution in [0, 0.1) is 0 Å². The maximum Gasteiger partial charge on any atom is 0.0363 e. The third-order valence-electron chi connectivity index (χ3n) is 3.84. The van der Waals surface area contributed by atoms with Crippen LogP contribution in [0.5, 0.6) is 0 Å². The Morgan fingerprint density at radius 2 is 1.86 bits per heavy atom. The zero-order chi connectivity index (χ0) is 15.2. The van der Waals surface area contributed by atoms with Crippen LogP contribution in [0.2, 0.25) is 0 Å². The molecule has 0 saturated carbocycles. The second-order valence-corrected chi connectivity index (χ2v) is 6.31. The molecule has 0 saturated heterocycles. The largest absolute Gasteiger partial charge is 0.375 e. The molecule has 0 bridgehead atoms. The van der Waals surface area contributed by atoms with Crippen LogP contribution in [-0.4, -0.2) is 13.6 Å². The summed E-state index contributed by atoms with van der Waals surface area (Å²) in [4.78, 5) is 2.26. The number of rotatable bonds is 6. The third-order valence-corrected chi connectivity index (χ3v) is 4.33. The summed E-state index contributed by atoms with van der Waals surface area (Å²) in [5.74, 6) is 0. The number of hydrogen-bond donors (Lipinski definition) is 1. The molecule has 0 aliphatic carbocycles. The Morgan fingerprint density at radius 1 is 1.14 bits per heavy atom. The average Bonchev–Trinajstić information content (AvgIpc) is 2.52. The maximum absolute atomic E-state index is 6.29. The summed E-state index contributed by atoms with van der Waals surface area (Å²) in [5.41, 5.74) is 10.1. The molecule has 21 heavy (non-hydrogen) atoms. The number of halogens is 1. The monoisotopic (exact) mass is 346 g/mol. The van der Waals surface area contributed by atoms with Crippen molar-refractivity contribution in [3.05, 3.63) is 64.1 Å². The SMILES string of the molecule is CCc1ccc(N(C)CCC(N)c2cccc(Br)c2)cc1. The van der Waals surface area contributed by atoms with E-state index >= 15 is 0 Å². The highest BCUT2D eigenvalue weighted by Gasteiger charge is 2.08. The minimum atomic E-state index is 0.0693. The van der Waals surface area contributed by atoms with Gasteiger partial charge in [-0.25, -0.2) is 0 Å². The molecule has 0 aromatic heterocycles. The molecule has 1 unspecified atom stereocenters. The van der Waals surface area contributed by atoms with Crippen LogP contribution < -0.4 is 10.6 Å². The molecule has 0 amide bonds. The first-order chi connectivity index (χ1) is 10.1. The molecule has 1 atom stereocenters. The van der Waals surface area contributed by atoms with Gasteiger partial charge in [0.1, 0.15) is 0 Å². The molecule has 0 fully saturated rings. The van der Waals surface area contributed by atoms with E-state index in [0.717, 1.165) is 23.9 Å². The lowest BCUT2D eigenvalue weighted by atomic mass is 10.0. The van der Waals surface area contributed by atoms with Gasteiger partial charge in [0.25, 0.3) is 0 Å². The molecule has 0 radical (unpaired) electrons. The van der Waals surface area contributed by atoms with E-state index in [4.69, 9.17) is 5.73 Å². The highest BCUT2D eigenvalue weighted by molar-refractivity contribution is 9.10. The normalized spacial score (nSPS) is 12.2. The van der Waals surface area contributed by atoms with Crippen LogP contribution in [0.3, 0.4) is 0 Å². The molecule has 0 aliphatic rings. The summed E-state index contributed by atoms with van der Waals surface area (Å²) in [6, 6.07) is 17.1. The fraction of sp³-hybridized carbons (Fsp3) is 0.333. The van der Waals surface area contributed by atoms with Crippen molar-refractivity contribution in [1.82, 2.24) is 0 Å². The lowest BCUT2D eigenvalue weighted by molar-refractivity contribution is 0.645. The van der Waals surface area contributed by atoms with Gasteiger partial charge in [0.2, 0.25) is 0 Å². The standard InChI is InChI=1S/C18H23BrN2/c1-3-14-7-9-17(10-8-14)21(2)12-11-18(20)15-5-4-6-16(19)13-15/h4-10,13,18H,3,11-12,20H2,1-2H3. The van der Waals surface area contributed by atoms with Crippen molar-refractivity contribution in [2.45, 2.75) is 25.8 Å². The van der Waals surface area contributed by atoms with Gasteiger partial charge in [0.15, 0.2) is 0 Å². The zero-order valence-electron chi connectivity index (χ0n) is 12.7. The summed E-state index contributed by atoms with van der Waals surface area (Å²) in [5, 5.41) is 0. The van der Waals surface area contributed by atoms with Gasteiger partial charge >= 0.3 is 0 Å². The van der Waals surface area contributed by atoms with E-state index < -0.39 is 0 Å². The van der Waals surface area contributed by atoms with Crippen molar-refractivity contribution in [2.24, 2.45) is 5.73 Å². The molecule has 0 aliphatic heterocycles. The van der Waals surface area contributed by atoms with Crippen LogP contribution in [-0.2, 0) is 6.42 Å². The molecule has 2 aromatic rings. The Hall–Kier alpha value is -1.32. The molecule has 0 spiro atoms. The van der Waals surface area contributed by atoms with Crippen LogP contribution in [0.4, 0.5) is 5.69 Å². The van der Waals surface area contributed by atoms with E-state index in [1.54, 1.807) is 0 Å². The van der Waals surface area contributed by atoms with Gasteiger partial charge in [0.05, 0.1) is 0 Å². The Kier molecular flexibility index (Phi) is 5.83. The van der Waals surface area contributed by atoms with E-state index in [2.05, 4.69) is 71.2 Å². The third kappa shape index (κ3) is 4.58. The van der Waals surface area contributed by atoms with Gasteiger partial charge in [0, 0.05) is 29.8 Å². The van der Waals surface area contributed by atoms with E-state index in [9.17, 15) is 0 Å². The van der Waals surface area contributed by atoms with Gasteiger partial charge in [-0.15, -0.1) is 0 Å². The summed E-state index contributed by atoms with van der Waals surface area (Å²) in [6.45, 7) is 3.12. The van der Waals surface area contributed by atoms with Gasteiger partial charge in [-0.3, -0.25) is 0 Å². The molecule has 2 nitrogen and oxygen atoms in total. The minimum absolute atomic E-state index is 0.0693. The quantitative estimate of drug-likeness (QED) is 0.831. The number of aryl methyl sites for hydroxylation is 1. The first kappa shape index (κ1) is 16.1. The van der Waals surface area contributed by atoms with Crippen molar-refractivity contribution in [3.8, 4) is 0 Å².